The molecule has 16 heavy (non-hydrogen) atoms. The van der Waals surface area contributed by atoms with Crippen LogP contribution in [-0.4, -0.2) is 41.8 Å². The average molecular weight is 227 g/mol. The van der Waals surface area contributed by atoms with Crippen LogP contribution in [0.3, 0.4) is 0 Å². The second kappa shape index (κ2) is 6.22. The van der Waals surface area contributed by atoms with E-state index in [1.165, 1.54) is 7.11 Å². The Balaban J connectivity index is 2.20. The summed E-state index contributed by atoms with van der Waals surface area (Å²) < 4.78 is 9.80. The summed E-state index contributed by atoms with van der Waals surface area (Å²) >= 11 is 0. The summed E-state index contributed by atoms with van der Waals surface area (Å²) in [5.74, 6) is 0.984. The summed E-state index contributed by atoms with van der Waals surface area (Å²) in [6.07, 6.45) is 1.19. The van der Waals surface area contributed by atoms with Crippen molar-refractivity contribution in [1.29, 1.82) is 0 Å². The third kappa shape index (κ3) is 4.39. The molecular weight excluding hydrogens is 210 g/mol. The molecule has 0 bridgehead atoms. The van der Waals surface area contributed by atoms with E-state index in [-0.39, 0.29) is 5.97 Å². The van der Waals surface area contributed by atoms with Crippen LogP contribution in [0, 0.1) is 6.92 Å². The molecule has 1 heterocycles. The predicted octanol–water partition coefficient (Wildman–Crippen LogP) is 0.763. The second-order valence-corrected chi connectivity index (χ2v) is 3.63. The van der Waals surface area contributed by atoms with E-state index >= 15 is 0 Å². The van der Waals surface area contributed by atoms with E-state index in [1.807, 2.05) is 11.9 Å². The molecule has 0 atom stereocenters. The number of rotatable bonds is 6. The maximum atomic E-state index is 10.9. The first-order chi connectivity index (χ1) is 7.61. The van der Waals surface area contributed by atoms with Crippen molar-refractivity contribution in [3.63, 3.8) is 0 Å². The minimum atomic E-state index is -0.179. The molecular formula is C10H17N3O3. The Morgan fingerprint density at radius 2 is 2.25 bits per heavy atom. The molecule has 6 heteroatoms. The Bertz CT molecular complexity index is 338. The first kappa shape index (κ1) is 12.6. The van der Waals surface area contributed by atoms with Gasteiger partial charge in [0.25, 0.3) is 0 Å². The van der Waals surface area contributed by atoms with Gasteiger partial charge >= 0.3 is 5.97 Å². The summed E-state index contributed by atoms with van der Waals surface area (Å²) in [6.45, 7) is 3.15. The van der Waals surface area contributed by atoms with Gasteiger partial charge in [-0.05, 0) is 20.0 Å². The van der Waals surface area contributed by atoms with Crippen LogP contribution < -0.4 is 0 Å². The number of hydrogen-bond donors (Lipinski definition) is 0. The molecule has 0 aromatic carbocycles. The van der Waals surface area contributed by atoms with Crippen molar-refractivity contribution in [3.8, 4) is 0 Å². The lowest BCUT2D eigenvalue weighted by Gasteiger charge is -2.13. The Hall–Kier alpha value is -1.43. The van der Waals surface area contributed by atoms with Crippen molar-refractivity contribution in [2.75, 3.05) is 20.7 Å². The fraction of sp³-hybridized carbons (Fsp3) is 0.700. The molecule has 1 aromatic rings. The van der Waals surface area contributed by atoms with Crippen LogP contribution in [0.4, 0.5) is 0 Å². The molecule has 0 unspecified atom stereocenters. The van der Waals surface area contributed by atoms with Gasteiger partial charge in [0.2, 0.25) is 11.8 Å². The third-order valence-corrected chi connectivity index (χ3v) is 2.12. The zero-order valence-corrected chi connectivity index (χ0v) is 9.89. The lowest BCUT2D eigenvalue weighted by atomic mass is 10.3. The quantitative estimate of drug-likeness (QED) is 0.668. The van der Waals surface area contributed by atoms with Gasteiger partial charge in [-0.3, -0.25) is 9.69 Å². The van der Waals surface area contributed by atoms with Gasteiger partial charge in [-0.1, -0.05) is 0 Å². The zero-order valence-electron chi connectivity index (χ0n) is 9.89. The van der Waals surface area contributed by atoms with Crippen LogP contribution >= 0.6 is 0 Å². The maximum Gasteiger partial charge on any atom is 0.305 e. The summed E-state index contributed by atoms with van der Waals surface area (Å²) in [7, 11) is 3.34. The highest BCUT2D eigenvalue weighted by Gasteiger charge is 2.07. The van der Waals surface area contributed by atoms with Gasteiger partial charge in [-0.25, -0.2) is 0 Å². The van der Waals surface area contributed by atoms with E-state index in [9.17, 15) is 4.79 Å². The zero-order chi connectivity index (χ0) is 12.0. The highest BCUT2D eigenvalue weighted by atomic mass is 16.5. The van der Waals surface area contributed by atoms with Crippen molar-refractivity contribution in [2.45, 2.75) is 26.3 Å². The Morgan fingerprint density at radius 1 is 1.50 bits per heavy atom. The molecule has 0 saturated carbocycles. The van der Waals surface area contributed by atoms with Gasteiger partial charge in [-0.2, -0.15) is 0 Å². The molecule has 0 aliphatic heterocycles. The van der Waals surface area contributed by atoms with E-state index < -0.39 is 0 Å². The largest absolute Gasteiger partial charge is 0.469 e. The van der Waals surface area contributed by atoms with Crippen molar-refractivity contribution in [1.82, 2.24) is 15.1 Å². The fourth-order valence-electron chi connectivity index (χ4n) is 1.31. The average Bonchev–Trinajstić information content (AvgIpc) is 2.63. The fourth-order valence-corrected chi connectivity index (χ4v) is 1.31. The molecule has 0 aliphatic carbocycles. The van der Waals surface area contributed by atoms with E-state index in [0.29, 0.717) is 24.7 Å². The van der Waals surface area contributed by atoms with Crippen molar-refractivity contribution in [3.05, 3.63) is 11.8 Å². The standard InChI is InChI=1S/C10H17N3O3/c1-8-11-12-9(16-8)7-13(2)6-4-5-10(14)15-3/h4-7H2,1-3H3. The molecule has 90 valence electrons. The van der Waals surface area contributed by atoms with Gasteiger partial charge in [0.15, 0.2) is 0 Å². The number of ether oxygens (including phenoxy) is 1. The van der Waals surface area contributed by atoms with E-state index in [4.69, 9.17) is 4.42 Å². The van der Waals surface area contributed by atoms with Crippen LogP contribution in [-0.2, 0) is 16.1 Å². The smallest absolute Gasteiger partial charge is 0.305 e. The molecule has 6 nitrogen and oxygen atoms in total. The summed E-state index contributed by atoms with van der Waals surface area (Å²) in [5.41, 5.74) is 0. The van der Waals surface area contributed by atoms with Crippen LogP contribution in [0.15, 0.2) is 4.42 Å². The lowest BCUT2D eigenvalue weighted by molar-refractivity contribution is -0.140. The summed E-state index contributed by atoms with van der Waals surface area (Å²) in [6, 6.07) is 0. The topological polar surface area (TPSA) is 68.5 Å². The number of nitrogens with zero attached hydrogens (tertiary/aromatic N) is 3. The van der Waals surface area contributed by atoms with Crippen LogP contribution in [0.2, 0.25) is 0 Å². The third-order valence-electron chi connectivity index (χ3n) is 2.12. The van der Waals surface area contributed by atoms with Crippen molar-refractivity contribution in [2.24, 2.45) is 0 Å². The molecule has 0 fully saturated rings. The number of hydrogen-bond acceptors (Lipinski definition) is 6. The van der Waals surface area contributed by atoms with Crippen LogP contribution in [0.5, 0.6) is 0 Å². The number of aryl methyl sites for hydroxylation is 1. The summed E-state index contributed by atoms with van der Waals surface area (Å²) in [5, 5.41) is 7.64. The molecule has 0 amide bonds. The minimum Gasteiger partial charge on any atom is -0.469 e. The van der Waals surface area contributed by atoms with E-state index in [1.54, 1.807) is 6.92 Å². The highest BCUT2D eigenvalue weighted by molar-refractivity contribution is 5.69. The number of esters is 1. The van der Waals surface area contributed by atoms with Crippen LogP contribution in [0.25, 0.3) is 0 Å². The Labute approximate surface area is 94.6 Å². The minimum absolute atomic E-state index is 0.179. The molecule has 1 rings (SSSR count). The van der Waals surface area contributed by atoms with E-state index in [2.05, 4.69) is 14.9 Å². The normalized spacial score (nSPS) is 10.8. The van der Waals surface area contributed by atoms with Gasteiger partial charge in [-0.15, -0.1) is 10.2 Å². The van der Waals surface area contributed by atoms with Gasteiger partial charge in [0.1, 0.15) is 0 Å². The second-order valence-electron chi connectivity index (χ2n) is 3.63. The molecule has 0 N–H and O–H groups in total. The van der Waals surface area contributed by atoms with Crippen molar-refractivity contribution < 1.29 is 13.9 Å². The first-order valence-electron chi connectivity index (χ1n) is 5.16. The number of methoxy groups -OCH3 is 1. The molecule has 0 aliphatic rings. The maximum absolute atomic E-state index is 10.9. The lowest BCUT2D eigenvalue weighted by Crippen LogP contribution is -2.20. The van der Waals surface area contributed by atoms with Crippen molar-refractivity contribution >= 4 is 5.97 Å². The number of carbonyl (C=O) groups excluding carboxylic acids is 1. The molecule has 0 spiro atoms. The predicted molar refractivity (Wildman–Crippen MR) is 56.6 cm³/mol. The number of aromatic nitrogens is 2. The first-order valence-corrected chi connectivity index (χ1v) is 5.16. The highest BCUT2D eigenvalue weighted by Crippen LogP contribution is 2.03. The van der Waals surface area contributed by atoms with Gasteiger partial charge < -0.3 is 9.15 Å². The Kier molecular flexibility index (Phi) is 4.91. The SMILES string of the molecule is COC(=O)CCCN(C)Cc1nnc(C)o1. The monoisotopic (exact) mass is 227 g/mol. The molecule has 0 radical (unpaired) electrons. The van der Waals surface area contributed by atoms with Crippen LogP contribution in [0.1, 0.15) is 24.6 Å². The summed E-state index contributed by atoms with van der Waals surface area (Å²) in [4.78, 5) is 12.9. The Morgan fingerprint density at radius 3 is 2.81 bits per heavy atom. The molecule has 0 saturated heterocycles. The van der Waals surface area contributed by atoms with E-state index in [0.717, 1.165) is 13.0 Å². The molecule has 1 aromatic heterocycles. The number of carbonyl (C=O) groups is 1. The van der Waals surface area contributed by atoms with Gasteiger partial charge in [0.05, 0.1) is 13.7 Å². The van der Waals surface area contributed by atoms with Gasteiger partial charge in [0, 0.05) is 13.3 Å².